The SMILES string of the molecule is CCOCc1ccc(C)c(Nc2ccc(-c3ccc(N4CCNC4=O)cc3)[nH]2)c1. The number of nitrogens with zero attached hydrogens (tertiary/aromatic N) is 1. The Labute approximate surface area is 170 Å². The van der Waals surface area contributed by atoms with Gasteiger partial charge in [-0.2, -0.15) is 0 Å². The second kappa shape index (κ2) is 8.41. The standard InChI is InChI=1S/C23H26N4O2/c1-3-29-15-17-5-4-16(2)21(14-17)26-22-11-10-20(25-22)18-6-8-19(9-7-18)27-13-12-24-23(27)28/h4-11,14,25-26H,3,12-13,15H2,1-2H3,(H,24,28). The first-order valence-electron chi connectivity index (χ1n) is 9.93. The number of carbonyl (C=O) groups excluding carboxylic acids is 1. The van der Waals surface area contributed by atoms with Crippen LogP contribution in [0.2, 0.25) is 0 Å². The number of aryl methyl sites for hydroxylation is 1. The molecule has 1 aliphatic rings. The van der Waals surface area contributed by atoms with E-state index in [-0.39, 0.29) is 6.03 Å². The van der Waals surface area contributed by atoms with Crippen LogP contribution in [-0.4, -0.2) is 30.7 Å². The van der Waals surface area contributed by atoms with E-state index in [1.807, 2.05) is 37.3 Å². The molecule has 2 aromatic carbocycles. The summed E-state index contributed by atoms with van der Waals surface area (Å²) < 4.78 is 5.52. The molecule has 1 saturated heterocycles. The second-order valence-corrected chi connectivity index (χ2v) is 7.13. The molecule has 2 heterocycles. The number of nitrogens with one attached hydrogen (secondary N) is 3. The first-order chi connectivity index (χ1) is 14.1. The molecule has 2 amide bonds. The third-order valence-electron chi connectivity index (χ3n) is 5.08. The number of hydrogen-bond acceptors (Lipinski definition) is 3. The molecule has 3 aromatic rings. The van der Waals surface area contributed by atoms with Crippen molar-refractivity contribution in [3.63, 3.8) is 0 Å². The summed E-state index contributed by atoms with van der Waals surface area (Å²) in [6.45, 7) is 6.80. The van der Waals surface area contributed by atoms with E-state index in [0.29, 0.717) is 26.3 Å². The summed E-state index contributed by atoms with van der Waals surface area (Å²) >= 11 is 0. The zero-order valence-corrected chi connectivity index (χ0v) is 16.8. The van der Waals surface area contributed by atoms with Crippen molar-refractivity contribution >= 4 is 23.2 Å². The number of aromatic amines is 1. The maximum Gasteiger partial charge on any atom is 0.321 e. The van der Waals surface area contributed by atoms with E-state index in [1.54, 1.807) is 4.90 Å². The van der Waals surface area contributed by atoms with Gasteiger partial charge in [0.25, 0.3) is 0 Å². The van der Waals surface area contributed by atoms with Gasteiger partial charge >= 0.3 is 6.03 Å². The molecule has 29 heavy (non-hydrogen) atoms. The van der Waals surface area contributed by atoms with Gasteiger partial charge in [-0.1, -0.05) is 24.3 Å². The molecular formula is C23H26N4O2. The maximum absolute atomic E-state index is 11.8. The summed E-state index contributed by atoms with van der Waals surface area (Å²) in [6.07, 6.45) is 0. The zero-order chi connectivity index (χ0) is 20.2. The molecule has 6 heteroatoms. The Morgan fingerprint density at radius 2 is 1.93 bits per heavy atom. The van der Waals surface area contributed by atoms with E-state index in [4.69, 9.17) is 4.74 Å². The second-order valence-electron chi connectivity index (χ2n) is 7.13. The number of amides is 2. The summed E-state index contributed by atoms with van der Waals surface area (Å²) in [4.78, 5) is 17.0. The van der Waals surface area contributed by atoms with Gasteiger partial charge in [-0.05, 0) is 60.9 Å². The Hall–Kier alpha value is -3.25. The predicted molar refractivity (Wildman–Crippen MR) is 117 cm³/mol. The van der Waals surface area contributed by atoms with Crippen LogP contribution in [0.4, 0.5) is 22.0 Å². The molecule has 150 valence electrons. The number of benzene rings is 2. The van der Waals surface area contributed by atoms with Gasteiger partial charge < -0.3 is 20.4 Å². The Kier molecular flexibility index (Phi) is 5.53. The quantitative estimate of drug-likeness (QED) is 0.543. The average molecular weight is 390 g/mol. The van der Waals surface area contributed by atoms with Crippen LogP contribution < -0.4 is 15.5 Å². The van der Waals surface area contributed by atoms with E-state index in [9.17, 15) is 4.79 Å². The lowest BCUT2D eigenvalue weighted by molar-refractivity contribution is 0.134. The highest BCUT2D eigenvalue weighted by Gasteiger charge is 2.20. The molecule has 1 fully saturated rings. The van der Waals surface area contributed by atoms with Crippen molar-refractivity contribution in [3.8, 4) is 11.3 Å². The highest BCUT2D eigenvalue weighted by Crippen LogP contribution is 2.27. The third-order valence-corrected chi connectivity index (χ3v) is 5.08. The van der Waals surface area contributed by atoms with Crippen molar-refractivity contribution in [1.82, 2.24) is 10.3 Å². The van der Waals surface area contributed by atoms with E-state index >= 15 is 0 Å². The Bertz CT molecular complexity index is 994. The van der Waals surface area contributed by atoms with Gasteiger partial charge in [-0.3, -0.25) is 4.90 Å². The van der Waals surface area contributed by atoms with Gasteiger partial charge in [0, 0.05) is 36.8 Å². The van der Waals surface area contributed by atoms with Gasteiger partial charge in [0.05, 0.1) is 6.61 Å². The smallest absolute Gasteiger partial charge is 0.321 e. The number of H-pyrrole nitrogens is 1. The fourth-order valence-corrected chi connectivity index (χ4v) is 3.43. The monoisotopic (exact) mass is 390 g/mol. The van der Waals surface area contributed by atoms with Crippen LogP contribution in [0.5, 0.6) is 0 Å². The van der Waals surface area contributed by atoms with Crippen LogP contribution >= 0.6 is 0 Å². The zero-order valence-electron chi connectivity index (χ0n) is 16.8. The molecule has 0 unspecified atom stereocenters. The first kappa shape index (κ1) is 19.1. The molecule has 0 saturated carbocycles. The summed E-state index contributed by atoms with van der Waals surface area (Å²) in [6, 6.07) is 18.4. The number of aromatic nitrogens is 1. The van der Waals surface area contributed by atoms with Crippen LogP contribution in [-0.2, 0) is 11.3 Å². The number of hydrogen-bond donors (Lipinski definition) is 3. The van der Waals surface area contributed by atoms with E-state index in [2.05, 4.69) is 46.8 Å². The summed E-state index contributed by atoms with van der Waals surface area (Å²) in [5.74, 6) is 0.930. The van der Waals surface area contributed by atoms with Crippen LogP contribution in [0.1, 0.15) is 18.1 Å². The molecule has 4 rings (SSSR count). The van der Waals surface area contributed by atoms with E-state index in [1.165, 1.54) is 5.56 Å². The Morgan fingerprint density at radius 1 is 1.10 bits per heavy atom. The minimum Gasteiger partial charge on any atom is -0.377 e. The van der Waals surface area contributed by atoms with Crippen molar-refractivity contribution < 1.29 is 9.53 Å². The lowest BCUT2D eigenvalue weighted by Crippen LogP contribution is -2.27. The third kappa shape index (κ3) is 4.27. The molecule has 0 spiro atoms. The van der Waals surface area contributed by atoms with Gasteiger partial charge in [0.15, 0.2) is 0 Å². The molecule has 3 N–H and O–H groups in total. The van der Waals surface area contributed by atoms with Crippen molar-refractivity contribution in [2.45, 2.75) is 20.5 Å². The number of anilines is 3. The van der Waals surface area contributed by atoms with Crippen molar-refractivity contribution in [1.29, 1.82) is 0 Å². The highest BCUT2D eigenvalue weighted by molar-refractivity contribution is 5.94. The molecule has 0 bridgehead atoms. The molecular weight excluding hydrogens is 364 g/mol. The largest absolute Gasteiger partial charge is 0.377 e. The summed E-state index contributed by atoms with van der Waals surface area (Å²) in [5.41, 5.74) is 6.39. The molecule has 0 radical (unpaired) electrons. The first-order valence-corrected chi connectivity index (χ1v) is 9.93. The number of ether oxygens (including phenoxy) is 1. The van der Waals surface area contributed by atoms with E-state index in [0.717, 1.165) is 34.0 Å². The molecule has 1 aliphatic heterocycles. The van der Waals surface area contributed by atoms with E-state index < -0.39 is 0 Å². The van der Waals surface area contributed by atoms with Gasteiger partial charge in [0.1, 0.15) is 5.82 Å². The topological polar surface area (TPSA) is 69.4 Å². The number of urea groups is 1. The van der Waals surface area contributed by atoms with Crippen molar-refractivity contribution in [2.75, 3.05) is 29.9 Å². The predicted octanol–water partition coefficient (Wildman–Crippen LogP) is 4.80. The van der Waals surface area contributed by atoms with Gasteiger partial charge in [-0.15, -0.1) is 0 Å². The lowest BCUT2D eigenvalue weighted by atomic mass is 10.1. The van der Waals surface area contributed by atoms with Crippen LogP contribution in [0.15, 0.2) is 54.6 Å². The molecule has 0 atom stereocenters. The maximum atomic E-state index is 11.8. The minimum absolute atomic E-state index is 0.0361. The molecule has 1 aromatic heterocycles. The van der Waals surface area contributed by atoms with Crippen molar-refractivity contribution in [3.05, 3.63) is 65.7 Å². The number of rotatable bonds is 7. The molecule has 6 nitrogen and oxygen atoms in total. The van der Waals surface area contributed by atoms with Crippen LogP contribution in [0.3, 0.4) is 0 Å². The van der Waals surface area contributed by atoms with Crippen LogP contribution in [0, 0.1) is 6.92 Å². The fourth-order valence-electron chi connectivity index (χ4n) is 3.43. The minimum atomic E-state index is -0.0361. The lowest BCUT2D eigenvalue weighted by Gasteiger charge is -2.14. The average Bonchev–Trinajstić information content (AvgIpc) is 3.38. The Morgan fingerprint density at radius 3 is 2.66 bits per heavy atom. The normalized spacial score (nSPS) is 13.6. The van der Waals surface area contributed by atoms with Crippen molar-refractivity contribution in [2.24, 2.45) is 0 Å². The summed E-state index contributed by atoms with van der Waals surface area (Å²) in [5, 5.41) is 6.29. The highest BCUT2D eigenvalue weighted by atomic mass is 16.5. The van der Waals surface area contributed by atoms with Gasteiger partial charge in [-0.25, -0.2) is 4.79 Å². The number of carbonyl (C=O) groups is 1. The van der Waals surface area contributed by atoms with Crippen LogP contribution in [0.25, 0.3) is 11.3 Å². The fraction of sp³-hybridized carbons (Fsp3) is 0.261. The summed E-state index contributed by atoms with van der Waals surface area (Å²) in [7, 11) is 0. The molecule has 0 aliphatic carbocycles. The van der Waals surface area contributed by atoms with Gasteiger partial charge in [0.2, 0.25) is 0 Å². The Balaban J connectivity index is 1.48.